The second kappa shape index (κ2) is 6.51. The number of rotatable bonds is 5. The lowest BCUT2D eigenvalue weighted by atomic mass is 10.2. The number of β-amino-alcohol motifs (C(OH)–C–C–N with tert-alkyl or cyclic N) is 1. The van der Waals surface area contributed by atoms with E-state index >= 15 is 0 Å². The van der Waals surface area contributed by atoms with Crippen molar-refractivity contribution in [3.63, 3.8) is 0 Å². The molecule has 8 heteroatoms. The molecule has 0 saturated carbocycles. The Morgan fingerprint density at radius 3 is 2.80 bits per heavy atom. The maximum atomic E-state index is 9.91. The van der Waals surface area contributed by atoms with Gasteiger partial charge in [-0.2, -0.15) is 15.0 Å². The molecule has 112 valence electrons. The largest absolute Gasteiger partial charge is 0.391 e. The number of hydrogen-bond donors (Lipinski definition) is 2. The van der Waals surface area contributed by atoms with Crippen LogP contribution < -0.4 is 10.2 Å². The zero-order valence-corrected chi connectivity index (χ0v) is 12.8. The number of halogens is 1. The summed E-state index contributed by atoms with van der Waals surface area (Å²) in [7, 11) is 4.01. The van der Waals surface area contributed by atoms with Crippen LogP contribution in [0.25, 0.3) is 0 Å². The van der Waals surface area contributed by atoms with Gasteiger partial charge in [-0.15, -0.1) is 0 Å². The normalized spacial score (nSPS) is 22.6. The summed E-state index contributed by atoms with van der Waals surface area (Å²) in [5, 5.41) is 13.1. The predicted octanol–water partition coefficient (Wildman–Crippen LogP) is 0.458. The monoisotopic (exact) mass is 300 g/mol. The molecule has 7 nitrogen and oxygen atoms in total. The van der Waals surface area contributed by atoms with Gasteiger partial charge in [0.1, 0.15) is 0 Å². The average Bonchev–Trinajstić information content (AvgIpc) is 2.69. The summed E-state index contributed by atoms with van der Waals surface area (Å²) < 4.78 is 0. The highest BCUT2D eigenvalue weighted by molar-refractivity contribution is 6.28. The van der Waals surface area contributed by atoms with Crippen LogP contribution in [0.1, 0.15) is 13.3 Å². The van der Waals surface area contributed by atoms with Crippen molar-refractivity contribution in [2.45, 2.75) is 25.5 Å². The Labute approximate surface area is 124 Å². The van der Waals surface area contributed by atoms with E-state index in [1.54, 1.807) is 0 Å². The number of nitrogens with zero attached hydrogens (tertiary/aromatic N) is 5. The van der Waals surface area contributed by atoms with E-state index in [9.17, 15) is 5.11 Å². The van der Waals surface area contributed by atoms with Crippen molar-refractivity contribution in [2.24, 2.45) is 0 Å². The molecule has 0 bridgehead atoms. The minimum Gasteiger partial charge on any atom is -0.391 e. The summed E-state index contributed by atoms with van der Waals surface area (Å²) >= 11 is 5.95. The Morgan fingerprint density at radius 1 is 1.40 bits per heavy atom. The number of anilines is 2. The van der Waals surface area contributed by atoms with Crippen LogP contribution in [0.2, 0.25) is 5.28 Å². The van der Waals surface area contributed by atoms with Crippen LogP contribution in [0.5, 0.6) is 0 Å². The Morgan fingerprint density at radius 2 is 2.15 bits per heavy atom. The van der Waals surface area contributed by atoms with Gasteiger partial charge in [0.25, 0.3) is 0 Å². The van der Waals surface area contributed by atoms with Crippen LogP contribution in [0.3, 0.4) is 0 Å². The number of likely N-dealkylation sites (N-methyl/N-ethyl adjacent to an activating group) is 1. The van der Waals surface area contributed by atoms with Crippen molar-refractivity contribution >= 4 is 23.5 Å². The zero-order chi connectivity index (χ0) is 14.7. The molecule has 2 atom stereocenters. The lowest BCUT2D eigenvalue weighted by Crippen LogP contribution is -2.38. The highest BCUT2D eigenvalue weighted by Gasteiger charge is 2.33. The number of aliphatic hydroxyl groups is 1. The van der Waals surface area contributed by atoms with Crippen LogP contribution in [0.15, 0.2) is 0 Å². The Balaban J connectivity index is 2.23. The summed E-state index contributed by atoms with van der Waals surface area (Å²) in [6, 6.07) is 0.174. The minimum absolute atomic E-state index is 0.163. The zero-order valence-electron chi connectivity index (χ0n) is 12.0. The van der Waals surface area contributed by atoms with Crippen molar-refractivity contribution in [3.8, 4) is 0 Å². The third kappa shape index (κ3) is 3.68. The van der Waals surface area contributed by atoms with E-state index in [4.69, 9.17) is 11.6 Å². The van der Waals surface area contributed by atoms with Gasteiger partial charge in [-0.3, -0.25) is 0 Å². The maximum absolute atomic E-state index is 9.91. The molecule has 1 fully saturated rings. The molecule has 0 spiro atoms. The molecule has 20 heavy (non-hydrogen) atoms. The SMILES string of the molecule is CCNc1nc(Cl)nc(N2CC(O)CC2CN(C)C)n1. The van der Waals surface area contributed by atoms with E-state index in [1.165, 1.54) is 0 Å². The van der Waals surface area contributed by atoms with E-state index in [1.807, 2.05) is 25.9 Å². The van der Waals surface area contributed by atoms with Gasteiger partial charge in [-0.1, -0.05) is 0 Å². The van der Waals surface area contributed by atoms with E-state index in [0.29, 0.717) is 31.4 Å². The molecule has 0 amide bonds. The molecule has 2 heterocycles. The molecule has 1 aromatic heterocycles. The first-order chi connectivity index (χ1) is 9.49. The second-order valence-corrected chi connectivity index (χ2v) is 5.55. The molecule has 0 radical (unpaired) electrons. The smallest absolute Gasteiger partial charge is 0.231 e. The fourth-order valence-corrected chi connectivity index (χ4v) is 2.59. The minimum atomic E-state index is -0.363. The molecule has 2 rings (SSSR count). The highest BCUT2D eigenvalue weighted by Crippen LogP contribution is 2.24. The van der Waals surface area contributed by atoms with Crippen molar-refractivity contribution < 1.29 is 5.11 Å². The molecule has 2 N–H and O–H groups in total. The van der Waals surface area contributed by atoms with E-state index in [-0.39, 0.29) is 17.4 Å². The summed E-state index contributed by atoms with van der Waals surface area (Å²) in [5.74, 6) is 0.983. The van der Waals surface area contributed by atoms with Crippen molar-refractivity contribution in [1.29, 1.82) is 0 Å². The summed E-state index contributed by atoms with van der Waals surface area (Å²) in [5.41, 5.74) is 0. The Kier molecular flexibility index (Phi) is 4.95. The molecule has 1 aliphatic heterocycles. The first-order valence-electron chi connectivity index (χ1n) is 6.74. The van der Waals surface area contributed by atoms with Crippen LogP contribution in [-0.2, 0) is 0 Å². The van der Waals surface area contributed by atoms with Gasteiger partial charge in [-0.05, 0) is 39.0 Å². The van der Waals surface area contributed by atoms with Crippen LogP contribution in [-0.4, -0.2) is 70.8 Å². The summed E-state index contributed by atoms with van der Waals surface area (Å²) in [6.45, 7) is 4.02. The van der Waals surface area contributed by atoms with Gasteiger partial charge in [0.2, 0.25) is 17.2 Å². The number of nitrogens with one attached hydrogen (secondary N) is 1. The molecule has 0 aromatic carbocycles. The van der Waals surface area contributed by atoms with Crippen LogP contribution in [0.4, 0.5) is 11.9 Å². The molecule has 1 aromatic rings. The van der Waals surface area contributed by atoms with Crippen LogP contribution >= 0.6 is 11.6 Å². The molecule has 1 aliphatic rings. The third-order valence-electron chi connectivity index (χ3n) is 3.16. The summed E-state index contributed by atoms with van der Waals surface area (Å²) in [6.07, 6.45) is 0.343. The van der Waals surface area contributed by atoms with Gasteiger partial charge >= 0.3 is 0 Å². The van der Waals surface area contributed by atoms with Crippen LogP contribution in [0, 0.1) is 0 Å². The van der Waals surface area contributed by atoms with Crippen molar-refractivity contribution in [2.75, 3.05) is 43.9 Å². The highest BCUT2D eigenvalue weighted by atomic mass is 35.5. The average molecular weight is 301 g/mol. The Bertz CT molecular complexity index is 458. The molecular formula is C12H21ClN6O. The van der Waals surface area contributed by atoms with Gasteiger partial charge in [0.15, 0.2) is 0 Å². The fourth-order valence-electron chi connectivity index (χ4n) is 2.44. The van der Waals surface area contributed by atoms with E-state index in [0.717, 1.165) is 6.54 Å². The van der Waals surface area contributed by atoms with E-state index < -0.39 is 0 Å². The quantitative estimate of drug-likeness (QED) is 0.818. The third-order valence-corrected chi connectivity index (χ3v) is 3.33. The number of hydrogen-bond acceptors (Lipinski definition) is 7. The number of aliphatic hydroxyl groups excluding tert-OH is 1. The molecule has 2 unspecified atom stereocenters. The lowest BCUT2D eigenvalue weighted by Gasteiger charge is -2.26. The van der Waals surface area contributed by atoms with Gasteiger partial charge in [0, 0.05) is 25.7 Å². The second-order valence-electron chi connectivity index (χ2n) is 5.22. The van der Waals surface area contributed by atoms with Crippen molar-refractivity contribution in [3.05, 3.63) is 5.28 Å². The Hall–Kier alpha value is -1.18. The summed E-state index contributed by atoms with van der Waals surface area (Å²) in [4.78, 5) is 16.7. The van der Waals surface area contributed by atoms with Crippen molar-refractivity contribution in [1.82, 2.24) is 19.9 Å². The predicted molar refractivity (Wildman–Crippen MR) is 79.3 cm³/mol. The first kappa shape index (κ1) is 15.2. The lowest BCUT2D eigenvalue weighted by molar-refractivity contribution is 0.191. The molecule has 1 saturated heterocycles. The maximum Gasteiger partial charge on any atom is 0.231 e. The first-order valence-corrected chi connectivity index (χ1v) is 7.12. The number of aromatic nitrogens is 3. The van der Waals surface area contributed by atoms with Gasteiger partial charge in [-0.25, -0.2) is 0 Å². The van der Waals surface area contributed by atoms with Gasteiger partial charge < -0.3 is 20.2 Å². The topological polar surface area (TPSA) is 77.4 Å². The molecule has 0 aliphatic carbocycles. The standard InChI is InChI=1S/C12H21ClN6O/c1-4-14-11-15-10(13)16-12(17-11)19-7-9(20)5-8(19)6-18(2)3/h8-9,20H,4-7H2,1-3H3,(H,14,15,16,17). The van der Waals surface area contributed by atoms with Gasteiger partial charge in [0.05, 0.1) is 6.10 Å². The fraction of sp³-hybridized carbons (Fsp3) is 0.750. The van der Waals surface area contributed by atoms with E-state index in [2.05, 4.69) is 25.2 Å². The molecular weight excluding hydrogens is 280 g/mol.